The summed E-state index contributed by atoms with van der Waals surface area (Å²) >= 11 is 5.82. The first kappa shape index (κ1) is 17.8. The van der Waals surface area contributed by atoms with Crippen molar-refractivity contribution in [2.75, 3.05) is 0 Å². The van der Waals surface area contributed by atoms with Crippen molar-refractivity contribution in [2.24, 2.45) is 0 Å². The number of carbonyl (C=O) groups is 2. The second-order valence-electron chi connectivity index (χ2n) is 5.91. The molecule has 0 saturated heterocycles. The van der Waals surface area contributed by atoms with Gasteiger partial charge in [0.15, 0.2) is 0 Å². The van der Waals surface area contributed by atoms with Gasteiger partial charge in [-0.2, -0.15) is 0 Å². The Bertz CT molecular complexity index is 921. The Morgan fingerprint density at radius 2 is 1.85 bits per heavy atom. The van der Waals surface area contributed by atoms with E-state index in [0.29, 0.717) is 5.02 Å². The number of hydrogen-bond acceptors (Lipinski definition) is 2. The second kappa shape index (κ2) is 7.93. The van der Waals surface area contributed by atoms with E-state index in [-0.39, 0.29) is 13.0 Å². The lowest BCUT2D eigenvalue weighted by Gasteiger charge is -2.15. The highest BCUT2D eigenvalue weighted by molar-refractivity contribution is 6.30. The maximum absolute atomic E-state index is 12.1. The van der Waals surface area contributed by atoms with Gasteiger partial charge in [-0.05, 0) is 29.3 Å². The number of urea groups is 1. The van der Waals surface area contributed by atoms with Gasteiger partial charge in [0, 0.05) is 35.1 Å². The summed E-state index contributed by atoms with van der Waals surface area (Å²) in [5, 5.41) is 16.2. The number of hydrogen-bond donors (Lipinski definition) is 4. The molecule has 2 aromatic carbocycles. The van der Waals surface area contributed by atoms with Crippen LogP contribution in [0.3, 0.4) is 0 Å². The van der Waals surface area contributed by atoms with Gasteiger partial charge in [0.05, 0.1) is 0 Å². The molecule has 1 atom stereocenters. The minimum atomic E-state index is -1.09. The molecule has 26 heavy (non-hydrogen) atoms. The molecule has 0 fully saturated rings. The fourth-order valence-electron chi connectivity index (χ4n) is 2.71. The van der Waals surface area contributed by atoms with Crippen LogP contribution in [0.25, 0.3) is 10.9 Å². The first-order valence-electron chi connectivity index (χ1n) is 8.09. The van der Waals surface area contributed by atoms with Crippen LogP contribution in [-0.4, -0.2) is 28.1 Å². The fourth-order valence-corrected chi connectivity index (χ4v) is 2.84. The smallest absolute Gasteiger partial charge is 0.326 e. The normalized spacial score (nSPS) is 11.9. The van der Waals surface area contributed by atoms with Gasteiger partial charge in [-0.1, -0.05) is 41.9 Å². The number of aromatic amines is 1. The summed E-state index contributed by atoms with van der Waals surface area (Å²) in [5.74, 6) is -1.09. The van der Waals surface area contributed by atoms with Crippen molar-refractivity contribution in [1.82, 2.24) is 15.6 Å². The lowest BCUT2D eigenvalue weighted by atomic mass is 10.1. The minimum Gasteiger partial charge on any atom is -0.480 e. The molecule has 7 heteroatoms. The van der Waals surface area contributed by atoms with Crippen molar-refractivity contribution in [2.45, 2.75) is 19.0 Å². The van der Waals surface area contributed by atoms with Gasteiger partial charge in [0.1, 0.15) is 6.04 Å². The molecule has 0 spiro atoms. The number of fused-ring (bicyclic) bond motifs is 1. The molecule has 0 aliphatic carbocycles. The third-order valence-electron chi connectivity index (χ3n) is 4.07. The Morgan fingerprint density at radius 3 is 2.58 bits per heavy atom. The van der Waals surface area contributed by atoms with Crippen molar-refractivity contribution in [3.63, 3.8) is 0 Å². The van der Waals surface area contributed by atoms with Crippen LogP contribution in [0.1, 0.15) is 11.1 Å². The zero-order valence-corrected chi connectivity index (χ0v) is 14.6. The molecule has 0 aliphatic rings. The van der Waals surface area contributed by atoms with Gasteiger partial charge < -0.3 is 20.7 Å². The van der Waals surface area contributed by atoms with Crippen molar-refractivity contribution in [1.29, 1.82) is 0 Å². The van der Waals surface area contributed by atoms with Crippen molar-refractivity contribution in [3.8, 4) is 0 Å². The Kier molecular flexibility index (Phi) is 5.43. The monoisotopic (exact) mass is 371 g/mol. The van der Waals surface area contributed by atoms with E-state index in [2.05, 4.69) is 15.6 Å². The summed E-state index contributed by atoms with van der Waals surface area (Å²) < 4.78 is 0. The van der Waals surface area contributed by atoms with Gasteiger partial charge in [0.25, 0.3) is 0 Å². The van der Waals surface area contributed by atoms with Crippen LogP contribution >= 0.6 is 11.6 Å². The van der Waals surface area contributed by atoms with E-state index in [9.17, 15) is 14.7 Å². The Balaban J connectivity index is 1.62. The van der Waals surface area contributed by atoms with E-state index >= 15 is 0 Å². The number of nitrogens with one attached hydrogen (secondary N) is 3. The van der Waals surface area contributed by atoms with E-state index < -0.39 is 18.0 Å². The first-order chi connectivity index (χ1) is 12.5. The second-order valence-corrected chi connectivity index (χ2v) is 6.34. The largest absolute Gasteiger partial charge is 0.480 e. The summed E-state index contributed by atoms with van der Waals surface area (Å²) in [5.41, 5.74) is 2.64. The topological polar surface area (TPSA) is 94.2 Å². The Hall–Kier alpha value is -2.99. The zero-order chi connectivity index (χ0) is 18.5. The minimum absolute atomic E-state index is 0.188. The van der Waals surface area contributed by atoms with Gasteiger partial charge in [0.2, 0.25) is 0 Å². The maximum atomic E-state index is 12.1. The SMILES string of the molecule is O=C(NCc1ccc(Cl)cc1)NC(Cc1c[nH]c2ccccc12)C(=O)O. The highest BCUT2D eigenvalue weighted by Crippen LogP contribution is 2.19. The lowest BCUT2D eigenvalue weighted by Crippen LogP contribution is -2.46. The fraction of sp³-hybridized carbons (Fsp3) is 0.158. The van der Waals surface area contributed by atoms with Crippen LogP contribution in [-0.2, 0) is 17.8 Å². The molecule has 6 nitrogen and oxygen atoms in total. The summed E-state index contributed by atoms with van der Waals surface area (Å²) in [7, 11) is 0. The zero-order valence-electron chi connectivity index (χ0n) is 13.8. The van der Waals surface area contributed by atoms with Gasteiger partial charge >= 0.3 is 12.0 Å². The molecule has 3 aromatic rings. The highest BCUT2D eigenvalue weighted by atomic mass is 35.5. The molecule has 1 aromatic heterocycles. The molecule has 134 valence electrons. The Labute approximate surface area is 155 Å². The standard InChI is InChI=1S/C19H18ClN3O3/c20-14-7-5-12(6-8-14)10-22-19(26)23-17(18(24)25)9-13-11-21-16-4-2-1-3-15(13)16/h1-8,11,17,21H,9-10H2,(H,24,25)(H2,22,23,26). The van der Waals surface area contributed by atoms with Crippen LogP contribution in [0.4, 0.5) is 4.79 Å². The number of aromatic nitrogens is 1. The first-order valence-corrected chi connectivity index (χ1v) is 8.47. The van der Waals surface area contributed by atoms with Crippen LogP contribution in [0.2, 0.25) is 5.02 Å². The molecule has 2 amide bonds. The number of carbonyl (C=O) groups excluding carboxylic acids is 1. The van der Waals surface area contributed by atoms with E-state index in [1.165, 1.54) is 0 Å². The average molecular weight is 372 g/mol. The van der Waals surface area contributed by atoms with Gasteiger partial charge in [-0.25, -0.2) is 9.59 Å². The maximum Gasteiger partial charge on any atom is 0.326 e. The number of H-pyrrole nitrogens is 1. The quantitative estimate of drug-likeness (QED) is 0.535. The lowest BCUT2D eigenvalue weighted by molar-refractivity contribution is -0.139. The van der Waals surface area contributed by atoms with Crippen LogP contribution in [0.15, 0.2) is 54.7 Å². The molecule has 0 aliphatic heterocycles. The number of benzene rings is 2. The molecule has 0 bridgehead atoms. The van der Waals surface area contributed by atoms with Crippen LogP contribution in [0, 0.1) is 0 Å². The van der Waals surface area contributed by atoms with E-state index in [4.69, 9.17) is 11.6 Å². The van der Waals surface area contributed by atoms with Gasteiger partial charge in [-0.15, -0.1) is 0 Å². The van der Waals surface area contributed by atoms with Gasteiger partial charge in [-0.3, -0.25) is 0 Å². The van der Waals surface area contributed by atoms with Crippen molar-refractivity contribution in [3.05, 3.63) is 70.9 Å². The van der Waals surface area contributed by atoms with Crippen molar-refractivity contribution < 1.29 is 14.7 Å². The molecule has 4 N–H and O–H groups in total. The molecular weight excluding hydrogens is 354 g/mol. The predicted molar refractivity (Wildman–Crippen MR) is 100 cm³/mol. The summed E-state index contributed by atoms with van der Waals surface area (Å²) in [6, 6.07) is 13.1. The predicted octanol–water partition coefficient (Wildman–Crippen LogP) is 3.32. The Morgan fingerprint density at radius 1 is 1.12 bits per heavy atom. The summed E-state index contributed by atoms with van der Waals surface area (Å²) in [4.78, 5) is 26.7. The molecule has 0 radical (unpaired) electrons. The average Bonchev–Trinajstić information content (AvgIpc) is 3.04. The number of halogens is 1. The molecule has 1 unspecified atom stereocenters. The van der Waals surface area contributed by atoms with Crippen molar-refractivity contribution >= 4 is 34.5 Å². The van der Waals surface area contributed by atoms with Crippen LogP contribution < -0.4 is 10.6 Å². The molecule has 1 heterocycles. The molecule has 3 rings (SSSR count). The number of carboxylic acid groups (broad SMARTS) is 1. The van der Waals surface area contributed by atoms with E-state index in [1.807, 2.05) is 24.3 Å². The highest BCUT2D eigenvalue weighted by Gasteiger charge is 2.21. The van der Waals surface area contributed by atoms with E-state index in [1.54, 1.807) is 30.5 Å². The summed E-state index contributed by atoms with van der Waals surface area (Å²) in [6.07, 6.45) is 1.96. The van der Waals surface area contributed by atoms with Crippen LogP contribution in [0.5, 0.6) is 0 Å². The number of amides is 2. The third-order valence-corrected chi connectivity index (χ3v) is 4.32. The molecule has 0 saturated carbocycles. The molecular formula is C19H18ClN3O3. The summed E-state index contributed by atoms with van der Waals surface area (Å²) in [6.45, 7) is 0.280. The number of carboxylic acids is 1. The third kappa shape index (κ3) is 4.34. The van der Waals surface area contributed by atoms with E-state index in [0.717, 1.165) is 22.0 Å². The number of rotatable bonds is 6. The number of para-hydroxylation sites is 1. The number of aliphatic carboxylic acids is 1.